The van der Waals surface area contributed by atoms with Gasteiger partial charge in [0.05, 0.1) is 22.5 Å². The Labute approximate surface area is 211 Å². The Bertz CT molecular complexity index is 1160. The van der Waals surface area contributed by atoms with Crippen LogP contribution in [0.4, 0.5) is 5.95 Å². The number of aryl methyl sites for hydroxylation is 1. The van der Waals surface area contributed by atoms with Gasteiger partial charge < -0.3 is 9.47 Å². The van der Waals surface area contributed by atoms with Crippen LogP contribution < -0.4 is 4.90 Å². The van der Waals surface area contributed by atoms with E-state index in [1.807, 2.05) is 0 Å². The maximum Gasteiger partial charge on any atom is 0.206 e. The van der Waals surface area contributed by atoms with Gasteiger partial charge in [0, 0.05) is 32.7 Å². The molecule has 35 heavy (non-hydrogen) atoms. The lowest BCUT2D eigenvalue weighted by Crippen LogP contribution is -2.47. The molecule has 2 aromatic carbocycles. The van der Waals surface area contributed by atoms with Crippen LogP contribution in [0.1, 0.15) is 51.7 Å². The van der Waals surface area contributed by atoms with E-state index in [0.717, 1.165) is 63.6 Å². The molecule has 0 aliphatic carbocycles. The van der Waals surface area contributed by atoms with Gasteiger partial charge in [-0.1, -0.05) is 64.1 Å². The highest BCUT2D eigenvalue weighted by atomic mass is 15.4. The fourth-order valence-corrected chi connectivity index (χ4v) is 5.66. The second-order valence-electron chi connectivity index (χ2n) is 10.9. The van der Waals surface area contributed by atoms with Crippen LogP contribution in [0.3, 0.4) is 0 Å². The molecule has 0 amide bonds. The van der Waals surface area contributed by atoms with E-state index in [0.29, 0.717) is 5.92 Å². The molecule has 4 rings (SSSR count). The van der Waals surface area contributed by atoms with Gasteiger partial charge in [0.2, 0.25) is 5.95 Å². The average Bonchev–Trinajstić information content (AvgIpc) is 3.20. The number of fused-ring (bicyclic) bond motifs is 1. The molecule has 1 unspecified atom stereocenters. The predicted molar refractivity (Wildman–Crippen MR) is 146 cm³/mol. The molecule has 2 heterocycles. The number of anilines is 1. The first kappa shape index (κ1) is 25.3. The van der Waals surface area contributed by atoms with Gasteiger partial charge in [-0.05, 0) is 61.4 Å². The molecule has 0 bridgehead atoms. The van der Waals surface area contributed by atoms with Crippen molar-refractivity contribution in [2.24, 2.45) is 11.8 Å². The van der Waals surface area contributed by atoms with Gasteiger partial charge in [-0.3, -0.25) is 4.90 Å². The molecule has 1 aliphatic heterocycles. The fourth-order valence-electron chi connectivity index (χ4n) is 5.66. The van der Waals surface area contributed by atoms with E-state index < -0.39 is 5.41 Å². The van der Waals surface area contributed by atoms with Gasteiger partial charge in [-0.15, -0.1) is 0 Å². The minimum absolute atomic E-state index is 0.277. The lowest BCUT2D eigenvalue weighted by atomic mass is 9.68. The molecule has 3 aromatic rings. The van der Waals surface area contributed by atoms with Crippen LogP contribution in [0, 0.1) is 30.1 Å². The zero-order chi connectivity index (χ0) is 25.0. The molecule has 0 radical (unpaired) electrons. The maximum absolute atomic E-state index is 10.3. The Kier molecular flexibility index (Phi) is 7.82. The standard InChI is InChI=1S/C30H41N5/c1-23(2)21-35-28-14-9-8-13-27(28)32-29(35)34-19-17-33(18-20-34)16-10-15-30(22-31,24(3)4)26-12-7-6-11-25(26)5/h6-9,11-14,23-24H,10,15-21H2,1-5H3. The van der Waals surface area contributed by atoms with Crippen LogP contribution in [0.5, 0.6) is 0 Å². The number of piperazine rings is 1. The van der Waals surface area contributed by atoms with Crippen molar-refractivity contribution in [1.82, 2.24) is 14.5 Å². The second kappa shape index (κ2) is 10.8. The fraction of sp³-hybridized carbons (Fsp3) is 0.533. The number of aromatic nitrogens is 2. The summed E-state index contributed by atoms with van der Waals surface area (Å²) in [4.78, 5) is 10.0. The van der Waals surface area contributed by atoms with Gasteiger partial charge in [-0.25, -0.2) is 4.98 Å². The zero-order valence-electron chi connectivity index (χ0n) is 22.2. The molecule has 0 spiro atoms. The Morgan fingerprint density at radius 3 is 2.31 bits per heavy atom. The van der Waals surface area contributed by atoms with Crippen molar-refractivity contribution in [2.45, 2.75) is 59.4 Å². The monoisotopic (exact) mass is 471 g/mol. The van der Waals surface area contributed by atoms with Gasteiger partial charge in [0.1, 0.15) is 0 Å². The molecule has 0 N–H and O–H groups in total. The lowest BCUT2D eigenvalue weighted by molar-refractivity contribution is 0.237. The Hall–Kier alpha value is -2.84. The molecular formula is C30H41N5. The van der Waals surface area contributed by atoms with Crippen molar-refractivity contribution < 1.29 is 0 Å². The number of nitriles is 1. The summed E-state index contributed by atoms with van der Waals surface area (Å²) in [5.74, 6) is 1.96. The molecule has 1 fully saturated rings. The summed E-state index contributed by atoms with van der Waals surface area (Å²) in [7, 11) is 0. The summed E-state index contributed by atoms with van der Waals surface area (Å²) in [6.07, 6.45) is 1.93. The van der Waals surface area contributed by atoms with Crippen molar-refractivity contribution in [1.29, 1.82) is 5.26 Å². The zero-order valence-corrected chi connectivity index (χ0v) is 22.2. The first-order valence-electron chi connectivity index (χ1n) is 13.3. The molecule has 5 heteroatoms. The van der Waals surface area contributed by atoms with Crippen LogP contribution in [-0.4, -0.2) is 47.2 Å². The summed E-state index contributed by atoms with van der Waals surface area (Å²) in [6, 6.07) is 19.7. The van der Waals surface area contributed by atoms with E-state index in [2.05, 4.69) is 104 Å². The summed E-state index contributed by atoms with van der Waals surface area (Å²) < 4.78 is 2.40. The molecule has 1 aromatic heterocycles. The van der Waals surface area contributed by atoms with Crippen molar-refractivity contribution >= 4 is 17.0 Å². The summed E-state index contributed by atoms with van der Waals surface area (Å²) in [5, 5.41) is 10.3. The van der Waals surface area contributed by atoms with Crippen molar-refractivity contribution in [3.05, 3.63) is 59.7 Å². The molecule has 1 atom stereocenters. The summed E-state index contributed by atoms with van der Waals surface area (Å²) >= 11 is 0. The summed E-state index contributed by atoms with van der Waals surface area (Å²) in [6.45, 7) is 17.1. The quantitative estimate of drug-likeness (QED) is 0.383. The average molecular weight is 472 g/mol. The highest BCUT2D eigenvalue weighted by molar-refractivity contribution is 5.78. The molecule has 5 nitrogen and oxygen atoms in total. The molecule has 186 valence electrons. The third-order valence-electron chi connectivity index (χ3n) is 7.69. The lowest BCUT2D eigenvalue weighted by Gasteiger charge is -2.37. The number of rotatable bonds is 9. The van der Waals surface area contributed by atoms with Gasteiger partial charge in [-0.2, -0.15) is 5.26 Å². The Balaban J connectivity index is 1.40. The molecular weight excluding hydrogens is 430 g/mol. The minimum Gasteiger partial charge on any atom is -0.340 e. The Morgan fingerprint density at radius 1 is 0.971 bits per heavy atom. The second-order valence-corrected chi connectivity index (χ2v) is 10.9. The van der Waals surface area contributed by atoms with Crippen molar-refractivity contribution in [3.63, 3.8) is 0 Å². The van der Waals surface area contributed by atoms with Crippen LogP contribution >= 0.6 is 0 Å². The number of nitrogens with zero attached hydrogens (tertiary/aromatic N) is 5. The van der Waals surface area contributed by atoms with E-state index in [1.54, 1.807) is 0 Å². The smallest absolute Gasteiger partial charge is 0.206 e. The van der Waals surface area contributed by atoms with Crippen molar-refractivity contribution in [2.75, 3.05) is 37.6 Å². The molecule has 1 saturated heterocycles. The maximum atomic E-state index is 10.3. The van der Waals surface area contributed by atoms with E-state index in [-0.39, 0.29) is 5.92 Å². The topological polar surface area (TPSA) is 48.1 Å². The van der Waals surface area contributed by atoms with Crippen LogP contribution in [0.15, 0.2) is 48.5 Å². The number of imidazole rings is 1. The van der Waals surface area contributed by atoms with Crippen LogP contribution in [0.25, 0.3) is 11.0 Å². The number of benzene rings is 2. The Morgan fingerprint density at radius 2 is 1.66 bits per heavy atom. The highest BCUT2D eigenvalue weighted by Crippen LogP contribution is 2.38. The summed E-state index contributed by atoms with van der Waals surface area (Å²) in [5.41, 5.74) is 4.32. The van der Waals surface area contributed by atoms with Gasteiger partial charge in [0.25, 0.3) is 0 Å². The molecule has 0 saturated carbocycles. The highest BCUT2D eigenvalue weighted by Gasteiger charge is 2.36. The van der Waals surface area contributed by atoms with E-state index >= 15 is 0 Å². The van der Waals surface area contributed by atoms with E-state index in [4.69, 9.17) is 4.98 Å². The third kappa shape index (κ3) is 5.23. The third-order valence-corrected chi connectivity index (χ3v) is 7.69. The minimum atomic E-state index is -0.422. The SMILES string of the molecule is Cc1ccccc1C(C#N)(CCCN1CCN(c2nc3ccccc3n2CC(C)C)CC1)C(C)C. The normalized spacial score (nSPS) is 16.7. The van der Waals surface area contributed by atoms with Gasteiger partial charge in [0.15, 0.2) is 0 Å². The predicted octanol–water partition coefficient (Wildman–Crippen LogP) is 6.02. The van der Waals surface area contributed by atoms with E-state index in [9.17, 15) is 5.26 Å². The van der Waals surface area contributed by atoms with Crippen LogP contribution in [-0.2, 0) is 12.0 Å². The largest absolute Gasteiger partial charge is 0.340 e. The first-order chi connectivity index (χ1) is 16.9. The number of hydrogen-bond donors (Lipinski definition) is 0. The number of hydrogen-bond acceptors (Lipinski definition) is 4. The van der Waals surface area contributed by atoms with Gasteiger partial charge >= 0.3 is 0 Å². The van der Waals surface area contributed by atoms with E-state index in [1.165, 1.54) is 16.6 Å². The molecule has 1 aliphatic rings. The number of para-hydroxylation sites is 2. The first-order valence-corrected chi connectivity index (χ1v) is 13.3. The van der Waals surface area contributed by atoms with Crippen LogP contribution in [0.2, 0.25) is 0 Å². The van der Waals surface area contributed by atoms with Crippen molar-refractivity contribution in [3.8, 4) is 6.07 Å².